The Morgan fingerprint density at radius 2 is 2.31 bits per heavy atom. The third-order valence-corrected chi connectivity index (χ3v) is 3.22. The molecule has 0 aliphatic rings. The highest BCUT2D eigenvalue weighted by molar-refractivity contribution is 7.99. The molecule has 0 amide bonds. The van der Waals surface area contributed by atoms with Gasteiger partial charge in [0.05, 0.1) is 12.2 Å². The van der Waals surface area contributed by atoms with E-state index in [2.05, 4.69) is 6.92 Å². The van der Waals surface area contributed by atoms with Crippen molar-refractivity contribution in [3.05, 3.63) is 28.8 Å². The second kappa shape index (κ2) is 6.99. The van der Waals surface area contributed by atoms with Crippen molar-refractivity contribution in [1.82, 2.24) is 0 Å². The monoisotopic (exact) mass is 275 g/mol. The molecule has 0 aromatic heterocycles. The van der Waals surface area contributed by atoms with E-state index in [0.717, 1.165) is 17.1 Å². The molecule has 0 saturated heterocycles. The Bertz CT molecular complexity index is 371. The predicted molar refractivity (Wildman–Crippen MR) is 75.8 cm³/mol. The third-order valence-electron chi connectivity index (χ3n) is 1.90. The van der Waals surface area contributed by atoms with Crippen LogP contribution in [0.25, 0.3) is 0 Å². The molecule has 0 unspecified atom stereocenters. The van der Waals surface area contributed by atoms with Crippen molar-refractivity contribution in [2.75, 3.05) is 18.1 Å². The first-order valence-corrected chi connectivity index (χ1v) is 6.89. The molecule has 1 aromatic carbocycles. The molecule has 0 saturated carbocycles. The zero-order chi connectivity index (χ0) is 12.0. The van der Waals surface area contributed by atoms with Crippen LogP contribution in [-0.4, -0.2) is 23.1 Å². The molecule has 16 heavy (non-hydrogen) atoms. The Morgan fingerprint density at radius 1 is 1.56 bits per heavy atom. The first kappa shape index (κ1) is 13.6. The molecule has 1 rings (SSSR count). The summed E-state index contributed by atoms with van der Waals surface area (Å²) in [5, 5.41) is 0.623. The van der Waals surface area contributed by atoms with Crippen LogP contribution in [0.4, 0.5) is 0 Å². The van der Waals surface area contributed by atoms with Crippen LogP contribution in [0.2, 0.25) is 5.02 Å². The Kier molecular flexibility index (Phi) is 5.95. The van der Waals surface area contributed by atoms with Crippen LogP contribution in [0.5, 0.6) is 5.75 Å². The molecule has 5 heteroatoms. The van der Waals surface area contributed by atoms with Crippen LogP contribution in [0, 0.1) is 0 Å². The summed E-state index contributed by atoms with van der Waals surface area (Å²) < 4.78 is 5.61. The fourth-order valence-corrected chi connectivity index (χ4v) is 1.99. The molecule has 0 bridgehead atoms. The highest BCUT2D eigenvalue weighted by Gasteiger charge is 2.07. The molecule has 0 radical (unpaired) electrons. The molecule has 2 nitrogen and oxygen atoms in total. The number of thiocarbonyl (C=S) groups is 1. The van der Waals surface area contributed by atoms with E-state index in [9.17, 15) is 0 Å². The number of thioether (sulfide) groups is 1. The summed E-state index contributed by atoms with van der Waals surface area (Å²) in [6.45, 7) is 2.75. The fourth-order valence-electron chi connectivity index (χ4n) is 1.17. The third kappa shape index (κ3) is 4.20. The van der Waals surface area contributed by atoms with Crippen molar-refractivity contribution in [2.24, 2.45) is 5.73 Å². The summed E-state index contributed by atoms with van der Waals surface area (Å²) in [6.07, 6.45) is 0. The van der Waals surface area contributed by atoms with Crippen molar-refractivity contribution in [3.63, 3.8) is 0 Å². The highest BCUT2D eigenvalue weighted by atomic mass is 35.5. The maximum atomic E-state index is 5.89. The molecule has 2 N–H and O–H groups in total. The van der Waals surface area contributed by atoms with Crippen LogP contribution in [0.1, 0.15) is 12.5 Å². The van der Waals surface area contributed by atoms with E-state index in [4.69, 9.17) is 34.3 Å². The summed E-state index contributed by atoms with van der Waals surface area (Å²) in [7, 11) is 0. The number of hydrogen-bond acceptors (Lipinski definition) is 3. The number of nitrogens with two attached hydrogens (primary N) is 1. The lowest BCUT2D eigenvalue weighted by Crippen LogP contribution is -2.12. The summed E-state index contributed by atoms with van der Waals surface area (Å²) in [5.74, 6) is 2.69. The standard InChI is InChI=1S/C11H14ClNOS2/c1-2-16-6-5-14-10-7-8(12)3-4-9(10)11(13)15/h3-4,7H,2,5-6H2,1H3,(H2,13,15). The first-order chi connectivity index (χ1) is 7.65. The molecule has 1 aromatic rings. The van der Waals surface area contributed by atoms with Crippen LogP contribution in [-0.2, 0) is 0 Å². The number of rotatable bonds is 6. The largest absolute Gasteiger partial charge is 0.492 e. The predicted octanol–water partition coefficient (Wildman–Crippen LogP) is 3.11. The summed E-state index contributed by atoms with van der Waals surface area (Å²) >= 11 is 12.7. The van der Waals surface area contributed by atoms with Crippen LogP contribution >= 0.6 is 35.6 Å². The van der Waals surface area contributed by atoms with E-state index in [0.29, 0.717) is 22.4 Å². The van der Waals surface area contributed by atoms with Gasteiger partial charge in [-0.2, -0.15) is 11.8 Å². The van der Waals surface area contributed by atoms with Gasteiger partial charge >= 0.3 is 0 Å². The Labute approximate surface area is 110 Å². The number of hydrogen-bond donors (Lipinski definition) is 1. The smallest absolute Gasteiger partial charge is 0.130 e. The average molecular weight is 276 g/mol. The van der Waals surface area contributed by atoms with E-state index in [1.807, 2.05) is 11.8 Å². The van der Waals surface area contributed by atoms with Gasteiger partial charge in [-0.1, -0.05) is 30.7 Å². The lowest BCUT2D eigenvalue weighted by Gasteiger charge is -2.10. The normalized spacial score (nSPS) is 10.1. The van der Waals surface area contributed by atoms with Crippen molar-refractivity contribution in [3.8, 4) is 5.75 Å². The highest BCUT2D eigenvalue weighted by Crippen LogP contribution is 2.23. The average Bonchev–Trinajstić information content (AvgIpc) is 2.24. The minimum atomic E-state index is 0.329. The lowest BCUT2D eigenvalue weighted by atomic mass is 10.2. The van der Waals surface area contributed by atoms with E-state index in [-0.39, 0.29) is 0 Å². The van der Waals surface area contributed by atoms with Gasteiger partial charge in [-0.25, -0.2) is 0 Å². The van der Waals surface area contributed by atoms with Gasteiger partial charge in [-0.05, 0) is 24.0 Å². The van der Waals surface area contributed by atoms with Crippen LogP contribution < -0.4 is 10.5 Å². The zero-order valence-corrected chi connectivity index (χ0v) is 11.4. The fraction of sp³-hybridized carbons (Fsp3) is 0.364. The number of ether oxygens (including phenoxy) is 1. The first-order valence-electron chi connectivity index (χ1n) is 4.95. The van der Waals surface area contributed by atoms with E-state index < -0.39 is 0 Å². The van der Waals surface area contributed by atoms with Gasteiger partial charge in [-0.3, -0.25) is 0 Å². The molecule has 0 atom stereocenters. The maximum absolute atomic E-state index is 5.89. The van der Waals surface area contributed by atoms with Gasteiger partial charge in [0.25, 0.3) is 0 Å². The molecule has 0 aliphatic heterocycles. The number of halogens is 1. The molecule has 0 spiro atoms. The van der Waals surface area contributed by atoms with E-state index >= 15 is 0 Å². The molecule has 0 aliphatic carbocycles. The maximum Gasteiger partial charge on any atom is 0.130 e. The molecule has 0 fully saturated rings. The van der Waals surface area contributed by atoms with Gasteiger partial charge in [0.1, 0.15) is 10.7 Å². The van der Waals surface area contributed by atoms with Crippen molar-refractivity contribution >= 4 is 40.6 Å². The second-order valence-electron chi connectivity index (χ2n) is 3.05. The van der Waals surface area contributed by atoms with Gasteiger partial charge in [0.15, 0.2) is 0 Å². The molecular formula is C11H14ClNOS2. The van der Waals surface area contributed by atoms with E-state index in [1.165, 1.54) is 0 Å². The molecular weight excluding hydrogens is 262 g/mol. The minimum Gasteiger partial charge on any atom is -0.492 e. The van der Waals surface area contributed by atoms with Crippen molar-refractivity contribution < 1.29 is 4.74 Å². The zero-order valence-electron chi connectivity index (χ0n) is 9.03. The van der Waals surface area contributed by atoms with Crippen LogP contribution in [0.15, 0.2) is 18.2 Å². The van der Waals surface area contributed by atoms with Gasteiger partial charge in [0.2, 0.25) is 0 Å². The van der Waals surface area contributed by atoms with Gasteiger partial charge in [-0.15, -0.1) is 0 Å². The summed E-state index contributed by atoms with van der Waals surface area (Å²) in [4.78, 5) is 0.329. The summed E-state index contributed by atoms with van der Waals surface area (Å²) in [5.41, 5.74) is 6.34. The van der Waals surface area contributed by atoms with E-state index in [1.54, 1.807) is 18.2 Å². The topological polar surface area (TPSA) is 35.2 Å². The van der Waals surface area contributed by atoms with Crippen LogP contribution in [0.3, 0.4) is 0 Å². The quantitative estimate of drug-likeness (QED) is 0.639. The number of benzene rings is 1. The summed E-state index contributed by atoms with van der Waals surface area (Å²) in [6, 6.07) is 5.28. The van der Waals surface area contributed by atoms with Crippen molar-refractivity contribution in [1.29, 1.82) is 0 Å². The van der Waals surface area contributed by atoms with Gasteiger partial charge in [0, 0.05) is 10.8 Å². The molecule has 0 heterocycles. The Hall–Kier alpha value is -0.450. The van der Waals surface area contributed by atoms with Crippen molar-refractivity contribution in [2.45, 2.75) is 6.92 Å². The second-order valence-corrected chi connectivity index (χ2v) is 5.32. The Balaban J connectivity index is 2.68. The molecule has 88 valence electrons. The minimum absolute atomic E-state index is 0.329. The van der Waals surface area contributed by atoms with Gasteiger partial charge < -0.3 is 10.5 Å². The lowest BCUT2D eigenvalue weighted by molar-refractivity contribution is 0.343. The SMILES string of the molecule is CCSCCOc1cc(Cl)ccc1C(N)=S. The Morgan fingerprint density at radius 3 is 2.94 bits per heavy atom.